The Morgan fingerprint density at radius 1 is 1.15 bits per heavy atom. The Bertz CT molecular complexity index is 326. The Kier molecular flexibility index (Phi) is 4.58. The lowest BCUT2D eigenvalue weighted by molar-refractivity contribution is -0.179. The van der Waals surface area contributed by atoms with Gasteiger partial charge >= 0.3 is 0 Å². The highest BCUT2D eigenvalue weighted by molar-refractivity contribution is 5.76. The van der Waals surface area contributed by atoms with Gasteiger partial charge in [0.25, 0.3) is 0 Å². The van der Waals surface area contributed by atoms with E-state index in [0.717, 1.165) is 58.5 Å². The summed E-state index contributed by atoms with van der Waals surface area (Å²) < 4.78 is 11.5. The van der Waals surface area contributed by atoms with E-state index in [1.165, 1.54) is 12.8 Å². The molecule has 1 N–H and O–H groups in total. The highest BCUT2D eigenvalue weighted by Gasteiger charge is 2.40. The summed E-state index contributed by atoms with van der Waals surface area (Å²) in [4.78, 5) is 13.9. The zero-order valence-electron chi connectivity index (χ0n) is 12.2. The molecule has 5 nitrogen and oxygen atoms in total. The molecule has 2 saturated heterocycles. The van der Waals surface area contributed by atoms with Crippen LogP contribution in [0.2, 0.25) is 0 Å². The molecule has 1 aliphatic carbocycles. The summed E-state index contributed by atoms with van der Waals surface area (Å²) in [6, 6.07) is 0.514. The number of carbonyl (C=O) groups is 1. The van der Waals surface area contributed by atoms with Crippen LogP contribution in [0.25, 0.3) is 0 Å². The number of ether oxygens (including phenoxy) is 2. The van der Waals surface area contributed by atoms with Gasteiger partial charge in [0.1, 0.15) is 0 Å². The normalized spacial score (nSPS) is 26.5. The Morgan fingerprint density at radius 3 is 2.45 bits per heavy atom. The molecular formula is C15H26N2O3. The average Bonchev–Trinajstić information content (AvgIpc) is 3.13. The minimum atomic E-state index is -0.274. The number of hydrogen-bond donors (Lipinski definition) is 1. The van der Waals surface area contributed by atoms with Gasteiger partial charge in [-0.3, -0.25) is 4.79 Å². The second-order valence-electron chi connectivity index (χ2n) is 6.17. The molecule has 20 heavy (non-hydrogen) atoms. The van der Waals surface area contributed by atoms with Crippen LogP contribution in [-0.4, -0.2) is 55.5 Å². The molecule has 114 valence electrons. The predicted molar refractivity (Wildman–Crippen MR) is 75.3 cm³/mol. The molecule has 0 aromatic rings. The summed E-state index contributed by atoms with van der Waals surface area (Å²) >= 11 is 0. The highest BCUT2D eigenvalue weighted by atomic mass is 16.7. The summed E-state index contributed by atoms with van der Waals surface area (Å²) in [7, 11) is 0. The Labute approximate surface area is 121 Å². The summed E-state index contributed by atoms with van der Waals surface area (Å²) in [6.07, 6.45) is 7.09. The monoisotopic (exact) mass is 282 g/mol. The molecule has 0 aromatic heterocycles. The molecule has 2 heterocycles. The van der Waals surface area contributed by atoms with Gasteiger partial charge in [-0.25, -0.2) is 0 Å². The van der Waals surface area contributed by atoms with Gasteiger partial charge in [0.15, 0.2) is 5.79 Å². The fourth-order valence-corrected chi connectivity index (χ4v) is 3.56. The van der Waals surface area contributed by atoms with Crippen LogP contribution in [0, 0.1) is 0 Å². The maximum absolute atomic E-state index is 11.9. The molecule has 5 heteroatoms. The molecule has 1 spiro atoms. The third-order valence-electron chi connectivity index (χ3n) is 4.79. The van der Waals surface area contributed by atoms with Crippen LogP contribution < -0.4 is 5.32 Å². The molecule has 1 saturated carbocycles. The molecule has 3 aliphatic rings. The third kappa shape index (κ3) is 3.32. The molecule has 2 aliphatic heterocycles. The first kappa shape index (κ1) is 14.3. The molecule has 0 atom stereocenters. The van der Waals surface area contributed by atoms with E-state index in [2.05, 4.69) is 5.32 Å². The number of nitrogens with zero attached hydrogens (tertiary/aromatic N) is 1. The number of nitrogens with one attached hydrogen (secondary N) is 1. The van der Waals surface area contributed by atoms with E-state index in [1.807, 2.05) is 4.90 Å². The number of hydrogen-bond acceptors (Lipinski definition) is 4. The van der Waals surface area contributed by atoms with Gasteiger partial charge in [0.05, 0.1) is 13.2 Å². The van der Waals surface area contributed by atoms with Crippen LogP contribution in [0.1, 0.15) is 44.9 Å². The lowest BCUT2D eigenvalue weighted by Crippen LogP contribution is -2.43. The van der Waals surface area contributed by atoms with E-state index in [-0.39, 0.29) is 5.79 Å². The van der Waals surface area contributed by atoms with Gasteiger partial charge in [0.2, 0.25) is 5.91 Å². The first-order chi connectivity index (χ1) is 9.77. The van der Waals surface area contributed by atoms with E-state index < -0.39 is 0 Å². The quantitative estimate of drug-likeness (QED) is 0.844. The fraction of sp³-hybridized carbons (Fsp3) is 0.933. The van der Waals surface area contributed by atoms with Crippen molar-refractivity contribution in [3.8, 4) is 0 Å². The maximum Gasteiger partial charge on any atom is 0.223 e. The zero-order chi connectivity index (χ0) is 13.8. The van der Waals surface area contributed by atoms with Gasteiger partial charge in [-0.15, -0.1) is 0 Å². The molecule has 3 rings (SSSR count). The maximum atomic E-state index is 11.9. The third-order valence-corrected chi connectivity index (χ3v) is 4.79. The van der Waals surface area contributed by atoms with Crippen LogP contribution in [-0.2, 0) is 14.3 Å². The van der Waals surface area contributed by atoms with E-state index >= 15 is 0 Å². The topological polar surface area (TPSA) is 50.8 Å². The van der Waals surface area contributed by atoms with Crippen LogP contribution in [0.3, 0.4) is 0 Å². The first-order valence-electron chi connectivity index (χ1n) is 8.07. The molecule has 3 fully saturated rings. The summed E-state index contributed by atoms with van der Waals surface area (Å²) in [6.45, 7) is 4.19. The number of rotatable bonds is 4. The van der Waals surface area contributed by atoms with Crippen molar-refractivity contribution in [2.45, 2.75) is 56.8 Å². The van der Waals surface area contributed by atoms with Crippen LogP contribution in [0.4, 0.5) is 0 Å². The fourth-order valence-electron chi connectivity index (χ4n) is 3.56. The van der Waals surface area contributed by atoms with Crippen LogP contribution in [0.15, 0.2) is 0 Å². The van der Waals surface area contributed by atoms with Crippen molar-refractivity contribution < 1.29 is 14.3 Å². The molecule has 0 aromatic carbocycles. The van der Waals surface area contributed by atoms with Gasteiger partial charge in [-0.05, 0) is 25.7 Å². The Hall–Kier alpha value is -0.650. The van der Waals surface area contributed by atoms with Crippen molar-refractivity contribution in [3.05, 3.63) is 0 Å². The second kappa shape index (κ2) is 6.41. The van der Waals surface area contributed by atoms with Gasteiger partial charge in [0, 0.05) is 44.9 Å². The van der Waals surface area contributed by atoms with Crippen molar-refractivity contribution >= 4 is 5.91 Å². The van der Waals surface area contributed by atoms with E-state index in [9.17, 15) is 4.79 Å². The van der Waals surface area contributed by atoms with Crippen LogP contribution in [0.5, 0.6) is 0 Å². The van der Waals surface area contributed by atoms with Gasteiger partial charge < -0.3 is 19.7 Å². The van der Waals surface area contributed by atoms with Gasteiger partial charge in [-0.2, -0.15) is 0 Å². The lowest BCUT2D eigenvalue weighted by Gasteiger charge is -2.35. The minimum Gasteiger partial charge on any atom is -0.348 e. The number of amides is 1. The summed E-state index contributed by atoms with van der Waals surface area (Å²) in [5.41, 5.74) is 0. The number of likely N-dealkylation sites (tertiary alicyclic amines) is 1. The largest absolute Gasteiger partial charge is 0.348 e. The molecule has 0 radical (unpaired) electrons. The minimum absolute atomic E-state index is 0.274. The SMILES string of the molecule is O=C(CCNC1CCC2(CC1)OCCO2)N1CCCC1. The Morgan fingerprint density at radius 2 is 1.80 bits per heavy atom. The van der Waals surface area contributed by atoms with Crippen molar-refractivity contribution in [2.75, 3.05) is 32.8 Å². The van der Waals surface area contributed by atoms with E-state index in [4.69, 9.17) is 9.47 Å². The average molecular weight is 282 g/mol. The van der Waals surface area contributed by atoms with Crippen molar-refractivity contribution in [2.24, 2.45) is 0 Å². The van der Waals surface area contributed by atoms with Crippen molar-refractivity contribution in [3.63, 3.8) is 0 Å². The Balaban J connectivity index is 1.32. The smallest absolute Gasteiger partial charge is 0.223 e. The van der Waals surface area contributed by atoms with Crippen LogP contribution >= 0.6 is 0 Å². The predicted octanol–water partition coefficient (Wildman–Crippen LogP) is 1.27. The number of carbonyl (C=O) groups excluding carboxylic acids is 1. The standard InChI is InChI=1S/C15H26N2O3/c18-14(17-9-1-2-10-17)5-8-16-13-3-6-15(7-4-13)19-11-12-20-15/h13,16H,1-12H2. The summed E-state index contributed by atoms with van der Waals surface area (Å²) in [5, 5.41) is 3.52. The van der Waals surface area contributed by atoms with E-state index in [1.54, 1.807) is 0 Å². The van der Waals surface area contributed by atoms with Crippen molar-refractivity contribution in [1.82, 2.24) is 10.2 Å². The summed E-state index contributed by atoms with van der Waals surface area (Å²) in [5.74, 6) is 0.0357. The molecule has 0 bridgehead atoms. The zero-order valence-corrected chi connectivity index (χ0v) is 12.2. The second-order valence-corrected chi connectivity index (χ2v) is 6.17. The van der Waals surface area contributed by atoms with Gasteiger partial charge in [-0.1, -0.05) is 0 Å². The molecule has 0 unspecified atom stereocenters. The lowest BCUT2D eigenvalue weighted by atomic mass is 9.90. The first-order valence-corrected chi connectivity index (χ1v) is 8.07. The van der Waals surface area contributed by atoms with Crippen molar-refractivity contribution in [1.29, 1.82) is 0 Å². The highest BCUT2D eigenvalue weighted by Crippen LogP contribution is 2.35. The molecular weight excluding hydrogens is 256 g/mol. The molecule has 1 amide bonds. The van der Waals surface area contributed by atoms with E-state index in [0.29, 0.717) is 18.4 Å².